The molecule has 3 heterocycles. The van der Waals surface area contributed by atoms with E-state index in [9.17, 15) is 23.1 Å². The monoisotopic (exact) mass is 461 g/mol. The van der Waals surface area contributed by atoms with Gasteiger partial charge in [-0.3, -0.25) is 4.79 Å². The molecule has 4 rings (SSSR count). The number of nitrogens with zero attached hydrogens (tertiary/aromatic N) is 4. The Bertz CT molecular complexity index is 1230. The van der Waals surface area contributed by atoms with Crippen LogP contribution in [0.5, 0.6) is 0 Å². The van der Waals surface area contributed by atoms with E-state index in [0.717, 1.165) is 38.1 Å². The minimum Gasteiger partial charge on any atom is -0.369 e. The molecule has 1 aromatic carbocycles. The summed E-state index contributed by atoms with van der Waals surface area (Å²) in [5.74, 6) is 0.608. The zero-order valence-electron chi connectivity index (χ0n) is 18.6. The number of hydrogen-bond donors (Lipinski definition) is 2. The molecule has 1 aliphatic rings. The van der Waals surface area contributed by atoms with Gasteiger partial charge >= 0.3 is 6.18 Å². The number of anilines is 1. The van der Waals surface area contributed by atoms with Gasteiger partial charge in [-0.25, -0.2) is 9.97 Å². The second-order valence-corrected chi connectivity index (χ2v) is 8.87. The second kappa shape index (κ2) is 8.42. The Balaban J connectivity index is 1.74. The smallest absolute Gasteiger partial charge is 0.369 e. The Kier molecular flexibility index (Phi) is 5.92. The zero-order valence-corrected chi connectivity index (χ0v) is 18.6. The van der Waals surface area contributed by atoms with E-state index in [1.165, 1.54) is 18.2 Å². The van der Waals surface area contributed by atoms with Gasteiger partial charge in [-0.15, -0.1) is 0 Å². The number of alkyl halides is 3. The lowest BCUT2D eigenvalue weighted by Gasteiger charge is -2.39. The first-order valence-corrected chi connectivity index (χ1v) is 10.7. The Morgan fingerprint density at radius 3 is 2.55 bits per heavy atom. The van der Waals surface area contributed by atoms with Crippen molar-refractivity contribution in [1.82, 2.24) is 19.4 Å². The summed E-state index contributed by atoms with van der Waals surface area (Å²) in [4.78, 5) is 23.8. The fourth-order valence-electron chi connectivity index (χ4n) is 4.19. The number of benzene rings is 1. The third-order valence-corrected chi connectivity index (χ3v) is 6.29. The van der Waals surface area contributed by atoms with E-state index in [0.29, 0.717) is 16.7 Å². The molecular weight excluding hydrogens is 435 g/mol. The van der Waals surface area contributed by atoms with Gasteiger partial charge in [0.05, 0.1) is 16.5 Å². The maximum Gasteiger partial charge on any atom is 0.416 e. The average molecular weight is 461 g/mol. The van der Waals surface area contributed by atoms with Crippen LogP contribution < -0.4 is 10.9 Å². The zero-order chi connectivity index (χ0) is 24.0. The first-order chi connectivity index (χ1) is 15.5. The Labute approximate surface area is 188 Å². The van der Waals surface area contributed by atoms with Crippen LogP contribution in [0.4, 0.5) is 19.0 Å². The normalized spacial score (nSPS) is 17.8. The molecule has 7 nitrogen and oxygen atoms in total. The standard InChI is InChI=1S/C23H26F3N5O2/c1-14-27-18-12-19(32)31(22(2)7-9-30(3)10-8-22)13-17(18)20(28-14)29-21(33)15-5-4-6-16(11-15)23(24,25)26/h4-6,11-13,21,33H,7-10H2,1-3H3,(H,27,28,29)/t21-/m1/s1. The number of nitrogens with one attached hydrogen (secondary N) is 1. The Hall–Kier alpha value is -2.98. The van der Waals surface area contributed by atoms with Gasteiger partial charge in [-0.2, -0.15) is 13.2 Å². The largest absolute Gasteiger partial charge is 0.416 e. The van der Waals surface area contributed by atoms with Crippen molar-refractivity contribution in [3.05, 3.63) is 63.8 Å². The number of rotatable bonds is 4. The molecule has 176 valence electrons. The van der Waals surface area contributed by atoms with E-state index in [1.54, 1.807) is 17.7 Å². The summed E-state index contributed by atoms with van der Waals surface area (Å²) in [6.07, 6.45) is -2.70. The van der Waals surface area contributed by atoms with Crippen molar-refractivity contribution in [1.29, 1.82) is 0 Å². The molecule has 0 amide bonds. The molecule has 3 aromatic rings. The lowest BCUT2D eigenvalue weighted by Crippen LogP contribution is -2.46. The summed E-state index contributed by atoms with van der Waals surface area (Å²) < 4.78 is 40.9. The highest BCUT2D eigenvalue weighted by Crippen LogP contribution is 2.32. The number of likely N-dealkylation sites (tertiary alicyclic amines) is 1. The predicted octanol–water partition coefficient (Wildman–Crippen LogP) is 3.66. The van der Waals surface area contributed by atoms with Gasteiger partial charge in [-0.1, -0.05) is 12.1 Å². The van der Waals surface area contributed by atoms with Crippen molar-refractivity contribution in [3.63, 3.8) is 0 Å². The van der Waals surface area contributed by atoms with Crippen LogP contribution in [-0.4, -0.2) is 44.7 Å². The number of aryl methyl sites for hydroxylation is 1. The van der Waals surface area contributed by atoms with Crippen molar-refractivity contribution in [3.8, 4) is 0 Å². The van der Waals surface area contributed by atoms with Crippen LogP contribution in [0.1, 0.15) is 42.9 Å². The molecule has 0 unspecified atom stereocenters. The van der Waals surface area contributed by atoms with Crippen LogP contribution in [0.15, 0.2) is 41.3 Å². The number of fused-ring (bicyclic) bond motifs is 1. The Morgan fingerprint density at radius 1 is 1.18 bits per heavy atom. The molecule has 10 heteroatoms. The molecule has 1 atom stereocenters. The van der Waals surface area contributed by atoms with Crippen molar-refractivity contribution in [2.75, 3.05) is 25.5 Å². The molecule has 0 radical (unpaired) electrons. The van der Waals surface area contributed by atoms with Gasteiger partial charge in [0.2, 0.25) is 0 Å². The lowest BCUT2D eigenvalue weighted by molar-refractivity contribution is -0.137. The van der Waals surface area contributed by atoms with E-state index in [2.05, 4.69) is 20.2 Å². The third kappa shape index (κ3) is 4.72. The summed E-state index contributed by atoms with van der Waals surface area (Å²) >= 11 is 0. The minimum absolute atomic E-state index is 0.0461. The molecule has 2 aromatic heterocycles. The molecule has 2 N–H and O–H groups in total. The number of aliphatic hydroxyl groups is 1. The molecule has 0 spiro atoms. The minimum atomic E-state index is -4.52. The quantitative estimate of drug-likeness (QED) is 0.577. The number of halogens is 3. The Morgan fingerprint density at radius 2 is 1.88 bits per heavy atom. The van der Waals surface area contributed by atoms with Crippen LogP contribution in [0.25, 0.3) is 10.9 Å². The molecule has 1 saturated heterocycles. The van der Waals surface area contributed by atoms with Crippen molar-refractivity contribution in [2.24, 2.45) is 0 Å². The molecule has 1 aliphatic heterocycles. The van der Waals surface area contributed by atoms with E-state index in [1.807, 2.05) is 14.0 Å². The van der Waals surface area contributed by atoms with Crippen molar-refractivity contribution in [2.45, 2.75) is 44.6 Å². The third-order valence-electron chi connectivity index (χ3n) is 6.29. The van der Waals surface area contributed by atoms with Crippen LogP contribution >= 0.6 is 0 Å². The number of aromatic nitrogens is 3. The summed E-state index contributed by atoms with van der Waals surface area (Å²) in [6.45, 7) is 5.38. The van der Waals surface area contributed by atoms with E-state index < -0.39 is 18.0 Å². The van der Waals surface area contributed by atoms with Gasteiger partial charge in [0.15, 0.2) is 6.23 Å². The van der Waals surface area contributed by atoms with Gasteiger partial charge < -0.3 is 19.9 Å². The maximum absolute atomic E-state index is 13.1. The van der Waals surface area contributed by atoms with E-state index in [-0.39, 0.29) is 22.5 Å². The van der Waals surface area contributed by atoms with Gasteiger partial charge in [0, 0.05) is 36.5 Å². The first-order valence-electron chi connectivity index (χ1n) is 10.7. The van der Waals surface area contributed by atoms with Gasteiger partial charge in [0.1, 0.15) is 11.6 Å². The number of hydrogen-bond acceptors (Lipinski definition) is 6. The summed E-state index contributed by atoms with van der Waals surface area (Å²) in [7, 11) is 2.04. The summed E-state index contributed by atoms with van der Waals surface area (Å²) in [5.41, 5.74) is -0.978. The van der Waals surface area contributed by atoms with Crippen molar-refractivity contribution < 1.29 is 18.3 Å². The fraction of sp³-hybridized carbons (Fsp3) is 0.435. The average Bonchev–Trinajstić information content (AvgIpc) is 2.75. The predicted molar refractivity (Wildman–Crippen MR) is 119 cm³/mol. The van der Waals surface area contributed by atoms with Gasteiger partial charge in [0.25, 0.3) is 5.56 Å². The fourth-order valence-corrected chi connectivity index (χ4v) is 4.19. The lowest BCUT2D eigenvalue weighted by atomic mass is 9.89. The number of aliphatic hydroxyl groups excluding tert-OH is 1. The van der Waals surface area contributed by atoms with E-state index in [4.69, 9.17) is 0 Å². The number of pyridine rings is 1. The molecule has 0 bridgehead atoms. The summed E-state index contributed by atoms with van der Waals surface area (Å²) in [5, 5.41) is 14.0. The van der Waals surface area contributed by atoms with Crippen LogP contribution in [0, 0.1) is 6.92 Å². The van der Waals surface area contributed by atoms with Crippen LogP contribution in [-0.2, 0) is 11.7 Å². The van der Waals surface area contributed by atoms with Crippen LogP contribution in [0.3, 0.4) is 0 Å². The summed E-state index contributed by atoms with van der Waals surface area (Å²) in [6, 6.07) is 5.92. The van der Waals surface area contributed by atoms with E-state index >= 15 is 0 Å². The van der Waals surface area contributed by atoms with Crippen molar-refractivity contribution >= 4 is 16.7 Å². The number of piperidine rings is 1. The molecule has 0 aliphatic carbocycles. The SMILES string of the molecule is Cc1nc(N[C@H](O)c2cccc(C(F)(F)F)c2)c2cn(C3(C)CCN(C)CC3)c(=O)cc2n1. The molecule has 33 heavy (non-hydrogen) atoms. The van der Waals surface area contributed by atoms with Gasteiger partial charge in [-0.05, 0) is 45.9 Å². The molecule has 0 saturated carbocycles. The maximum atomic E-state index is 13.1. The highest BCUT2D eigenvalue weighted by Gasteiger charge is 2.32. The molecular formula is C23H26F3N5O2. The first kappa shape index (κ1) is 23.2. The topological polar surface area (TPSA) is 83.3 Å². The van der Waals surface area contributed by atoms with Crippen LogP contribution in [0.2, 0.25) is 0 Å². The highest BCUT2D eigenvalue weighted by molar-refractivity contribution is 5.88. The molecule has 1 fully saturated rings. The second-order valence-electron chi connectivity index (χ2n) is 8.87. The highest BCUT2D eigenvalue weighted by atomic mass is 19.4.